The van der Waals surface area contributed by atoms with Crippen LogP contribution in [0.3, 0.4) is 0 Å². The molecule has 0 saturated carbocycles. The molecule has 3 N–H and O–H groups in total. The third kappa shape index (κ3) is 5.05. The molecule has 0 unspecified atom stereocenters. The number of nitrogens with one attached hydrogen (secondary N) is 1. The summed E-state index contributed by atoms with van der Waals surface area (Å²) in [6, 6.07) is 6.99. The van der Waals surface area contributed by atoms with Gasteiger partial charge < -0.3 is 20.5 Å². The molecule has 0 heterocycles. The number of carbonyl (C=O) groups is 1. The fourth-order valence-electron chi connectivity index (χ4n) is 1.38. The van der Waals surface area contributed by atoms with E-state index in [9.17, 15) is 4.79 Å². The minimum absolute atomic E-state index is 0.169. The maximum Gasteiger partial charge on any atom is 0.260 e. The van der Waals surface area contributed by atoms with E-state index in [1.54, 1.807) is 31.2 Å². The van der Waals surface area contributed by atoms with Crippen molar-refractivity contribution in [2.24, 2.45) is 0 Å². The molecule has 18 heavy (non-hydrogen) atoms. The van der Waals surface area contributed by atoms with Gasteiger partial charge in [-0.15, -0.1) is 0 Å². The van der Waals surface area contributed by atoms with E-state index in [0.717, 1.165) is 0 Å². The number of rotatable bonds is 7. The summed E-state index contributed by atoms with van der Waals surface area (Å²) in [4.78, 5) is 11.7. The Labute approximate surface area is 107 Å². The smallest absolute Gasteiger partial charge is 0.260 e. The van der Waals surface area contributed by atoms with Gasteiger partial charge in [-0.3, -0.25) is 4.79 Å². The molecule has 0 aliphatic carbocycles. The summed E-state index contributed by atoms with van der Waals surface area (Å²) in [5.74, 6) is 0.416. The average molecular weight is 252 g/mol. The number of nitrogen functional groups attached to an aromatic ring is 1. The van der Waals surface area contributed by atoms with E-state index in [0.29, 0.717) is 31.2 Å². The SMILES string of the molecule is CCOCCNC(=O)[C@@H](C)Oc1cccc(N)c1. The molecule has 0 spiro atoms. The van der Waals surface area contributed by atoms with E-state index in [2.05, 4.69) is 5.32 Å². The third-order valence-corrected chi connectivity index (χ3v) is 2.29. The van der Waals surface area contributed by atoms with Gasteiger partial charge in [-0.25, -0.2) is 0 Å². The van der Waals surface area contributed by atoms with Crippen molar-refractivity contribution in [3.05, 3.63) is 24.3 Å². The lowest BCUT2D eigenvalue weighted by Gasteiger charge is -2.14. The molecule has 0 aliphatic rings. The molecule has 1 aromatic rings. The molecular weight excluding hydrogens is 232 g/mol. The topological polar surface area (TPSA) is 73.6 Å². The normalized spacial score (nSPS) is 11.9. The molecule has 0 aromatic heterocycles. The van der Waals surface area contributed by atoms with Crippen molar-refractivity contribution in [3.8, 4) is 5.75 Å². The van der Waals surface area contributed by atoms with Crippen molar-refractivity contribution < 1.29 is 14.3 Å². The van der Waals surface area contributed by atoms with Gasteiger partial charge in [0.25, 0.3) is 5.91 Å². The first kappa shape index (κ1) is 14.3. The molecule has 100 valence electrons. The summed E-state index contributed by atoms with van der Waals surface area (Å²) in [5.41, 5.74) is 6.23. The molecule has 0 saturated heterocycles. The highest BCUT2D eigenvalue weighted by atomic mass is 16.5. The molecule has 1 amide bonds. The highest BCUT2D eigenvalue weighted by Crippen LogP contribution is 2.15. The van der Waals surface area contributed by atoms with Crippen molar-refractivity contribution in [2.75, 3.05) is 25.5 Å². The maximum atomic E-state index is 11.7. The van der Waals surface area contributed by atoms with Crippen molar-refractivity contribution in [3.63, 3.8) is 0 Å². The zero-order chi connectivity index (χ0) is 13.4. The molecule has 0 bridgehead atoms. The van der Waals surface area contributed by atoms with E-state index in [1.165, 1.54) is 0 Å². The minimum Gasteiger partial charge on any atom is -0.481 e. The van der Waals surface area contributed by atoms with Crippen molar-refractivity contribution in [1.82, 2.24) is 5.32 Å². The quantitative estimate of drug-likeness (QED) is 0.564. The second kappa shape index (κ2) is 7.55. The summed E-state index contributed by atoms with van der Waals surface area (Å²) < 4.78 is 10.6. The highest BCUT2D eigenvalue weighted by molar-refractivity contribution is 5.80. The Hall–Kier alpha value is -1.75. The molecule has 0 fully saturated rings. The summed E-state index contributed by atoms with van der Waals surface area (Å²) >= 11 is 0. The molecule has 0 radical (unpaired) electrons. The van der Waals surface area contributed by atoms with Crippen LogP contribution in [0.5, 0.6) is 5.75 Å². The van der Waals surface area contributed by atoms with Gasteiger partial charge in [0, 0.05) is 24.9 Å². The molecule has 5 nitrogen and oxygen atoms in total. The molecule has 0 aliphatic heterocycles. The number of carbonyl (C=O) groups excluding carboxylic acids is 1. The Bertz CT molecular complexity index is 382. The van der Waals surface area contributed by atoms with Crippen LogP contribution < -0.4 is 15.8 Å². The largest absolute Gasteiger partial charge is 0.481 e. The van der Waals surface area contributed by atoms with Crippen LogP contribution in [0.25, 0.3) is 0 Å². The predicted molar refractivity (Wildman–Crippen MR) is 70.4 cm³/mol. The highest BCUT2D eigenvalue weighted by Gasteiger charge is 2.13. The third-order valence-electron chi connectivity index (χ3n) is 2.29. The molecular formula is C13H20N2O3. The van der Waals surface area contributed by atoms with Gasteiger partial charge in [-0.2, -0.15) is 0 Å². The second-order valence-electron chi connectivity index (χ2n) is 3.82. The maximum absolute atomic E-state index is 11.7. The van der Waals surface area contributed by atoms with Crippen molar-refractivity contribution in [2.45, 2.75) is 20.0 Å². The second-order valence-corrected chi connectivity index (χ2v) is 3.82. The average Bonchev–Trinajstić information content (AvgIpc) is 2.34. The molecule has 1 rings (SSSR count). The van der Waals surface area contributed by atoms with Gasteiger partial charge >= 0.3 is 0 Å². The van der Waals surface area contributed by atoms with E-state index in [1.807, 2.05) is 6.92 Å². The Balaban J connectivity index is 2.35. The zero-order valence-corrected chi connectivity index (χ0v) is 10.8. The number of hydrogen-bond acceptors (Lipinski definition) is 4. The van der Waals surface area contributed by atoms with Gasteiger partial charge in [-0.1, -0.05) is 6.07 Å². The first-order valence-electron chi connectivity index (χ1n) is 6.01. The van der Waals surface area contributed by atoms with Crippen LogP contribution >= 0.6 is 0 Å². The number of anilines is 1. The lowest BCUT2D eigenvalue weighted by molar-refractivity contribution is -0.127. The van der Waals surface area contributed by atoms with E-state index < -0.39 is 6.10 Å². The Morgan fingerprint density at radius 3 is 2.94 bits per heavy atom. The van der Waals surface area contributed by atoms with Crippen LogP contribution in [0.4, 0.5) is 5.69 Å². The number of amides is 1. The molecule has 1 aromatic carbocycles. The number of ether oxygens (including phenoxy) is 2. The van der Waals surface area contributed by atoms with Gasteiger partial charge in [0.15, 0.2) is 6.10 Å². The fourth-order valence-corrected chi connectivity index (χ4v) is 1.38. The fraction of sp³-hybridized carbons (Fsp3) is 0.462. The molecule has 5 heteroatoms. The van der Waals surface area contributed by atoms with Crippen LogP contribution in [0, 0.1) is 0 Å². The lowest BCUT2D eigenvalue weighted by atomic mass is 10.3. The summed E-state index contributed by atoms with van der Waals surface area (Å²) in [7, 11) is 0. The zero-order valence-electron chi connectivity index (χ0n) is 10.8. The van der Waals surface area contributed by atoms with Crippen LogP contribution in [-0.4, -0.2) is 31.8 Å². The van der Waals surface area contributed by atoms with Crippen molar-refractivity contribution in [1.29, 1.82) is 0 Å². The summed E-state index contributed by atoms with van der Waals surface area (Å²) in [6.07, 6.45) is -0.562. The Morgan fingerprint density at radius 1 is 1.50 bits per heavy atom. The first-order valence-corrected chi connectivity index (χ1v) is 6.01. The predicted octanol–water partition coefficient (Wildman–Crippen LogP) is 1.19. The van der Waals surface area contributed by atoms with Gasteiger partial charge in [0.05, 0.1) is 6.61 Å². The first-order chi connectivity index (χ1) is 8.63. The summed E-state index contributed by atoms with van der Waals surface area (Å²) in [5, 5.41) is 2.73. The monoisotopic (exact) mass is 252 g/mol. The van der Waals surface area contributed by atoms with Gasteiger partial charge in [-0.05, 0) is 26.0 Å². The van der Waals surface area contributed by atoms with Crippen molar-refractivity contribution >= 4 is 11.6 Å². The van der Waals surface area contributed by atoms with Crippen LogP contribution in [0.1, 0.15) is 13.8 Å². The van der Waals surface area contributed by atoms with Crippen LogP contribution in [0.2, 0.25) is 0 Å². The number of nitrogens with two attached hydrogens (primary N) is 1. The number of hydrogen-bond donors (Lipinski definition) is 2. The van der Waals surface area contributed by atoms with Gasteiger partial charge in [0.1, 0.15) is 5.75 Å². The minimum atomic E-state index is -0.562. The number of benzene rings is 1. The van der Waals surface area contributed by atoms with Crippen LogP contribution in [0.15, 0.2) is 24.3 Å². The standard InChI is InChI=1S/C13H20N2O3/c1-3-17-8-7-15-13(16)10(2)18-12-6-4-5-11(14)9-12/h4-6,9-10H,3,7-8,14H2,1-2H3,(H,15,16)/t10-/m1/s1. The summed E-state index contributed by atoms with van der Waals surface area (Å²) in [6.45, 7) is 5.24. The lowest BCUT2D eigenvalue weighted by Crippen LogP contribution is -2.38. The van der Waals surface area contributed by atoms with E-state index in [-0.39, 0.29) is 5.91 Å². The van der Waals surface area contributed by atoms with E-state index in [4.69, 9.17) is 15.2 Å². The van der Waals surface area contributed by atoms with Crippen LogP contribution in [-0.2, 0) is 9.53 Å². The Morgan fingerprint density at radius 2 is 2.28 bits per heavy atom. The Kier molecular flexibility index (Phi) is 6.00. The van der Waals surface area contributed by atoms with Gasteiger partial charge in [0.2, 0.25) is 0 Å². The molecule has 1 atom stereocenters. The van der Waals surface area contributed by atoms with E-state index >= 15 is 0 Å².